The number of rotatable bonds is 8. The number of sulfonamides is 1. The first-order valence-corrected chi connectivity index (χ1v) is 11.5. The molecule has 0 radical (unpaired) electrons. The lowest BCUT2D eigenvalue weighted by Crippen LogP contribution is -2.43. The molecule has 2 aromatic rings. The van der Waals surface area contributed by atoms with Crippen LogP contribution in [0.1, 0.15) is 30.4 Å². The molecular formula is C22H31N3O2S. The molecule has 2 N–H and O–H groups in total. The Balaban J connectivity index is 1.35. The van der Waals surface area contributed by atoms with Crippen molar-refractivity contribution in [2.75, 3.05) is 31.1 Å². The van der Waals surface area contributed by atoms with Crippen LogP contribution in [0.25, 0.3) is 0 Å². The number of aryl methyl sites for hydroxylation is 2. The molecule has 152 valence electrons. The zero-order valence-electron chi connectivity index (χ0n) is 16.8. The van der Waals surface area contributed by atoms with Gasteiger partial charge in [0.2, 0.25) is 10.0 Å². The number of anilines is 1. The first-order valence-electron chi connectivity index (χ1n) is 10.1. The highest BCUT2D eigenvalue weighted by atomic mass is 32.2. The van der Waals surface area contributed by atoms with Crippen LogP contribution in [0.2, 0.25) is 0 Å². The molecule has 1 aliphatic heterocycles. The van der Waals surface area contributed by atoms with Gasteiger partial charge in [-0.2, -0.15) is 0 Å². The SMILES string of the molecule is Cc1ccc(S(=O)(=O)NCCCNC2CCN(c3ccccc3C)CC2)cc1. The van der Waals surface area contributed by atoms with Crippen LogP contribution in [0, 0.1) is 13.8 Å². The number of piperidine rings is 1. The summed E-state index contributed by atoms with van der Waals surface area (Å²) in [5.74, 6) is 0. The van der Waals surface area contributed by atoms with Crippen LogP contribution in [0.4, 0.5) is 5.69 Å². The fourth-order valence-corrected chi connectivity index (χ4v) is 4.72. The van der Waals surface area contributed by atoms with Crippen molar-refractivity contribution >= 4 is 15.7 Å². The summed E-state index contributed by atoms with van der Waals surface area (Å²) in [5.41, 5.74) is 3.72. The van der Waals surface area contributed by atoms with Crippen molar-refractivity contribution in [3.05, 3.63) is 59.7 Å². The average molecular weight is 402 g/mol. The number of hydrogen-bond acceptors (Lipinski definition) is 4. The predicted molar refractivity (Wildman–Crippen MR) is 115 cm³/mol. The minimum atomic E-state index is -3.41. The molecule has 28 heavy (non-hydrogen) atoms. The summed E-state index contributed by atoms with van der Waals surface area (Å²) in [6, 6.07) is 16.0. The Hall–Kier alpha value is -1.89. The summed E-state index contributed by atoms with van der Waals surface area (Å²) < 4.78 is 27.2. The third kappa shape index (κ3) is 5.56. The maximum absolute atomic E-state index is 12.3. The van der Waals surface area contributed by atoms with Gasteiger partial charge in [0.05, 0.1) is 4.90 Å². The minimum absolute atomic E-state index is 0.328. The molecular weight excluding hydrogens is 370 g/mol. The zero-order chi connectivity index (χ0) is 20.0. The van der Waals surface area contributed by atoms with Crippen molar-refractivity contribution in [3.63, 3.8) is 0 Å². The van der Waals surface area contributed by atoms with Crippen molar-refractivity contribution in [2.45, 2.75) is 44.0 Å². The zero-order valence-corrected chi connectivity index (χ0v) is 17.6. The molecule has 1 aliphatic rings. The highest BCUT2D eigenvalue weighted by molar-refractivity contribution is 7.89. The van der Waals surface area contributed by atoms with E-state index >= 15 is 0 Å². The van der Waals surface area contributed by atoms with Gasteiger partial charge < -0.3 is 10.2 Å². The van der Waals surface area contributed by atoms with E-state index in [1.54, 1.807) is 12.1 Å². The highest BCUT2D eigenvalue weighted by Gasteiger charge is 2.19. The Morgan fingerprint density at radius 2 is 1.64 bits per heavy atom. The van der Waals surface area contributed by atoms with Crippen LogP contribution in [-0.2, 0) is 10.0 Å². The summed E-state index contributed by atoms with van der Waals surface area (Å²) >= 11 is 0. The first kappa shape index (κ1) is 20.8. The quantitative estimate of drug-likeness (QED) is 0.667. The fraction of sp³-hybridized carbons (Fsp3) is 0.455. The van der Waals surface area contributed by atoms with Gasteiger partial charge in [0.25, 0.3) is 0 Å². The molecule has 0 spiro atoms. The van der Waals surface area contributed by atoms with E-state index in [2.05, 4.69) is 46.1 Å². The lowest BCUT2D eigenvalue weighted by Gasteiger charge is -2.35. The van der Waals surface area contributed by atoms with E-state index in [1.165, 1.54) is 11.3 Å². The van der Waals surface area contributed by atoms with Gasteiger partial charge in [-0.3, -0.25) is 0 Å². The Morgan fingerprint density at radius 3 is 2.32 bits per heavy atom. The number of para-hydroxylation sites is 1. The normalized spacial score (nSPS) is 15.7. The fourth-order valence-electron chi connectivity index (χ4n) is 3.64. The van der Waals surface area contributed by atoms with Crippen molar-refractivity contribution < 1.29 is 8.42 Å². The van der Waals surface area contributed by atoms with E-state index in [0.29, 0.717) is 17.5 Å². The summed E-state index contributed by atoms with van der Waals surface area (Å²) in [6.45, 7) is 7.50. The number of benzene rings is 2. The summed E-state index contributed by atoms with van der Waals surface area (Å²) in [6.07, 6.45) is 3.01. The van der Waals surface area contributed by atoms with E-state index in [4.69, 9.17) is 0 Å². The molecule has 0 saturated carbocycles. The number of hydrogen-bond donors (Lipinski definition) is 2. The van der Waals surface area contributed by atoms with Crippen LogP contribution in [0.3, 0.4) is 0 Å². The molecule has 0 bridgehead atoms. The summed E-state index contributed by atoms with van der Waals surface area (Å²) in [5, 5.41) is 3.58. The Kier molecular flexibility index (Phi) is 7.10. The van der Waals surface area contributed by atoms with E-state index in [1.807, 2.05) is 19.1 Å². The largest absolute Gasteiger partial charge is 0.371 e. The van der Waals surface area contributed by atoms with Gasteiger partial charge >= 0.3 is 0 Å². The molecule has 5 nitrogen and oxygen atoms in total. The standard InChI is InChI=1S/C22H31N3O2S/c1-18-8-10-21(11-9-18)28(26,27)24-15-5-14-23-20-12-16-25(17-13-20)22-7-4-3-6-19(22)2/h3-4,6-11,20,23-24H,5,12-17H2,1-2H3. The van der Waals surface area contributed by atoms with E-state index in [9.17, 15) is 8.42 Å². The molecule has 0 atom stereocenters. The molecule has 1 saturated heterocycles. The van der Waals surface area contributed by atoms with Crippen LogP contribution >= 0.6 is 0 Å². The summed E-state index contributed by atoms with van der Waals surface area (Å²) in [7, 11) is -3.41. The Morgan fingerprint density at radius 1 is 0.964 bits per heavy atom. The van der Waals surface area contributed by atoms with E-state index in [0.717, 1.165) is 44.5 Å². The van der Waals surface area contributed by atoms with E-state index in [-0.39, 0.29) is 0 Å². The van der Waals surface area contributed by atoms with Crippen LogP contribution < -0.4 is 14.9 Å². The molecule has 3 rings (SSSR count). The maximum Gasteiger partial charge on any atom is 0.240 e. The molecule has 2 aromatic carbocycles. The second-order valence-electron chi connectivity index (χ2n) is 7.57. The highest BCUT2D eigenvalue weighted by Crippen LogP contribution is 2.23. The monoisotopic (exact) mass is 401 g/mol. The number of nitrogens with one attached hydrogen (secondary N) is 2. The van der Waals surface area contributed by atoms with Crippen LogP contribution in [-0.4, -0.2) is 40.6 Å². The maximum atomic E-state index is 12.3. The molecule has 1 heterocycles. The lowest BCUT2D eigenvalue weighted by molar-refractivity contribution is 0.412. The van der Waals surface area contributed by atoms with Crippen molar-refractivity contribution in [2.24, 2.45) is 0 Å². The van der Waals surface area contributed by atoms with Crippen LogP contribution in [0.15, 0.2) is 53.4 Å². The molecule has 0 aromatic heterocycles. The third-order valence-electron chi connectivity index (χ3n) is 5.36. The molecule has 0 unspecified atom stereocenters. The Bertz CT molecular complexity index is 858. The minimum Gasteiger partial charge on any atom is -0.371 e. The molecule has 0 aliphatic carbocycles. The van der Waals surface area contributed by atoms with Crippen molar-refractivity contribution in [1.82, 2.24) is 10.0 Å². The van der Waals surface area contributed by atoms with E-state index < -0.39 is 10.0 Å². The smallest absolute Gasteiger partial charge is 0.240 e. The van der Waals surface area contributed by atoms with Gasteiger partial charge in [-0.25, -0.2) is 13.1 Å². The van der Waals surface area contributed by atoms with Gasteiger partial charge in [-0.15, -0.1) is 0 Å². The average Bonchev–Trinajstić information content (AvgIpc) is 2.69. The summed E-state index contributed by atoms with van der Waals surface area (Å²) in [4.78, 5) is 2.79. The Labute approximate surface area is 169 Å². The second-order valence-corrected chi connectivity index (χ2v) is 9.33. The van der Waals surface area contributed by atoms with Crippen LogP contribution in [0.5, 0.6) is 0 Å². The molecule has 6 heteroatoms. The second kappa shape index (κ2) is 9.54. The van der Waals surface area contributed by atoms with Gasteiger partial charge in [0.1, 0.15) is 0 Å². The number of nitrogens with zero attached hydrogens (tertiary/aromatic N) is 1. The van der Waals surface area contributed by atoms with Gasteiger partial charge in [0.15, 0.2) is 0 Å². The van der Waals surface area contributed by atoms with Crippen molar-refractivity contribution in [1.29, 1.82) is 0 Å². The molecule has 1 fully saturated rings. The predicted octanol–water partition coefficient (Wildman–Crippen LogP) is 3.23. The molecule has 0 amide bonds. The third-order valence-corrected chi connectivity index (χ3v) is 6.84. The first-order chi connectivity index (χ1) is 13.5. The van der Waals surface area contributed by atoms with Gasteiger partial charge in [0, 0.05) is 31.4 Å². The topological polar surface area (TPSA) is 61.4 Å². The van der Waals surface area contributed by atoms with Gasteiger partial charge in [-0.05, 0) is 63.4 Å². The van der Waals surface area contributed by atoms with Crippen molar-refractivity contribution in [3.8, 4) is 0 Å². The van der Waals surface area contributed by atoms with Gasteiger partial charge in [-0.1, -0.05) is 35.9 Å². The lowest BCUT2D eigenvalue weighted by atomic mass is 10.0.